The number of hydrogen-bond acceptors (Lipinski definition) is 7. The van der Waals surface area contributed by atoms with Gasteiger partial charge in [0, 0.05) is 28.7 Å². The first-order valence-corrected chi connectivity index (χ1v) is 12.9. The molecule has 0 aromatic carbocycles. The Balaban J connectivity index is 1.64. The number of ether oxygens (including phenoxy) is 1. The Morgan fingerprint density at radius 2 is 1.97 bits per heavy atom. The monoisotopic (exact) mass is 523 g/mol. The van der Waals surface area contributed by atoms with E-state index in [2.05, 4.69) is 44.7 Å². The number of aryl methyl sites for hydroxylation is 2. The summed E-state index contributed by atoms with van der Waals surface area (Å²) in [6, 6.07) is 4.03. The summed E-state index contributed by atoms with van der Waals surface area (Å²) in [6.07, 6.45) is 5.52. The number of carbonyl (C=O) groups is 1. The lowest BCUT2D eigenvalue weighted by atomic mass is 10.1. The number of H-pyrrole nitrogens is 1. The predicted octanol–water partition coefficient (Wildman–Crippen LogP) is 4.42. The van der Waals surface area contributed by atoms with Crippen molar-refractivity contribution in [1.82, 2.24) is 24.8 Å². The van der Waals surface area contributed by atoms with Crippen LogP contribution >= 0.6 is 11.6 Å². The number of methoxy groups -OCH3 is 1. The van der Waals surface area contributed by atoms with Crippen LogP contribution in [-0.2, 0) is 17.8 Å². The second-order valence-electron chi connectivity index (χ2n) is 9.14. The third-order valence-electron chi connectivity index (χ3n) is 6.80. The summed E-state index contributed by atoms with van der Waals surface area (Å²) in [5, 5.41) is 0.141. The number of aromatic amines is 1. The SMILES string of the molecule is CCN(CC)CCCc1ccc(/C=C2/C(=O)N(Cc3ncc(C)c(OC)c3C)c3nc(N)nc(Cl)c32)[nH]1. The lowest BCUT2D eigenvalue weighted by Gasteiger charge is -2.19. The number of nitrogens with one attached hydrogen (secondary N) is 1. The highest BCUT2D eigenvalue weighted by Crippen LogP contribution is 2.41. The summed E-state index contributed by atoms with van der Waals surface area (Å²) in [5.41, 5.74) is 11.2. The Morgan fingerprint density at radius 3 is 2.68 bits per heavy atom. The fourth-order valence-electron chi connectivity index (χ4n) is 4.75. The number of anilines is 2. The third kappa shape index (κ3) is 5.47. The molecule has 0 aliphatic carbocycles. The molecule has 3 aromatic heterocycles. The van der Waals surface area contributed by atoms with Crippen molar-refractivity contribution in [3.8, 4) is 5.75 Å². The molecular weight excluding hydrogens is 490 g/mol. The van der Waals surface area contributed by atoms with Crippen LogP contribution in [-0.4, -0.2) is 57.5 Å². The number of halogens is 1. The summed E-state index contributed by atoms with van der Waals surface area (Å²) >= 11 is 6.50. The topological polar surface area (TPSA) is 113 Å². The van der Waals surface area contributed by atoms with Crippen LogP contribution in [0.5, 0.6) is 5.75 Å². The van der Waals surface area contributed by atoms with E-state index in [1.165, 1.54) is 0 Å². The maximum absolute atomic E-state index is 13.7. The standard InChI is InChI=1S/C27H34ClN7O2/c1-6-34(7-2)12-8-9-18-10-11-19(31-18)13-20-22-24(28)32-27(29)33-25(22)35(26(20)36)15-21-17(4)23(37-5)16(3)14-30-21/h10-11,13-14,31H,6-9,12,15H2,1-5H3,(H2,29,32,33)/b20-13+. The zero-order valence-corrected chi connectivity index (χ0v) is 22.8. The Kier molecular flexibility index (Phi) is 8.14. The molecule has 4 heterocycles. The van der Waals surface area contributed by atoms with Gasteiger partial charge in [-0.3, -0.25) is 14.7 Å². The first-order valence-electron chi connectivity index (χ1n) is 12.5. The second-order valence-corrected chi connectivity index (χ2v) is 9.49. The molecule has 0 radical (unpaired) electrons. The molecule has 37 heavy (non-hydrogen) atoms. The molecule has 9 nitrogen and oxygen atoms in total. The highest BCUT2D eigenvalue weighted by atomic mass is 35.5. The van der Waals surface area contributed by atoms with E-state index in [9.17, 15) is 4.79 Å². The Labute approximate surface area is 222 Å². The molecule has 0 atom stereocenters. The van der Waals surface area contributed by atoms with Crippen LogP contribution in [0.4, 0.5) is 11.8 Å². The number of carbonyl (C=O) groups excluding carboxylic acids is 1. The first kappa shape index (κ1) is 26.6. The van der Waals surface area contributed by atoms with Gasteiger partial charge >= 0.3 is 0 Å². The zero-order chi connectivity index (χ0) is 26.7. The third-order valence-corrected chi connectivity index (χ3v) is 7.08. The summed E-state index contributed by atoms with van der Waals surface area (Å²) in [7, 11) is 1.62. The van der Waals surface area contributed by atoms with E-state index >= 15 is 0 Å². The number of rotatable bonds is 10. The molecular formula is C27H34ClN7O2. The van der Waals surface area contributed by atoms with Crippen LogP contribution in [0.25, 0.3) is 11.6 Å². The maximum atomic E-state index is 13.7. The van der Waals surface area contributed by atoms with Crippen LogP contribution in [0, 0.1) is 13.8 Å². The van der Waals surface area contributed by atoms with Gasteiger partial charge in [-0.2, -0.15) is 4.98 Å². The van der Waals surface area contributed by atoms with Crippen molar-refractivity contribution >= 4 is 40.9 Å². The van der Waals surface area contributed by atoms with Crippen LogP contribution in [0.15, 0.2) is 18.3 Å². The average Bonchev–Trinajstić information content (AvgIpc) is 3.42. The maximum Gasteiger partial charge on any atom is 0.260 e. The smallest absolute Gasteiger partial charge is 0.260 e. The van der Waals surface area contributed by atoms with Gasteiger partial charge in [-0.15, -0.1) is 0 Å². The van der Waals surface area contributed by atoms with Gasteiger partial charge in [0.05, 0.1) is 30.5 Å². The van der Waals surface area contributed by atoms with E-state index in [1.54, 1.807) is 24.3 Å². The van der Waals surface area contributed by atoms with Crippen LogP contribution in [0.1, 0.15) is 54.0 Å². The minimum absolute atomic E-state index is 0.00401. The van der Waals surface area contributed by atoms with Gasteiger partial charge in [-0.05, 0) is 64.5 Å². The summed E-state index contributed by atoms with van der Waals surface area (Å²) < 4.78 is 5.54. The van der Waals surface area contributed by atoms with E-state index in [1.807, 2.05) is 19.9 Å². The average molecular weight is 524 g/mol. The summed E-state index contributed by atoms with van der Waals surface area (Å²) in [6.45, 7) is 11.6. The Morgan fingerprint density at radius 1 is 1.22 bits per heavy atom. The van der Waals surface area contributed by atoms with E-state index < -0.39 is 0 Å². The second kappa shape index (κ2) is 11.3. The number of hydrogen-bond donors (Lipinski definition) is 2. The summed E-state index contributed by atoms with van der Waals surface area (Å²) in [4.78, 5) is 34.1. The molecule has 3 N–H and O–H groups in total. The van der Waals surface area contributed by atoms with Crippen molar-refractivity contribution < 1.29 is 9.53 Å². The highest BCUT2D eigenvalue weighted by Gasteiger charge is 2.37. The zero-order valence-electron chi connectivity index (χ0n) is 22.1. The van der Waals surface area contributed by atoms with Crippen LogP contribution in [0.3, 0.4) is 0 Å². The molecule has 4 rings (SSSR count). The van der Waals surface area contributed by atoms with Crippen molar-refractivity contribution in [3.63, 3.8) is 0 Å². The van der Waals surface area contributed by atoms with E-state index in [0.717, 1.165) is 60.7 Å². The van der Waals surface area contributed by atoms with Gasteiger partial charge < -0.3 is 20.4 Å². The molecule has 10 heteroatoms. The van der Waals surface area contributed by atoms with Gasteiger partial charge in [0.2, 0.25) is 5.95 Å². The molecule has 0 saturated carbocycles. The number of fused-ring (bicyclic) bond motifs is 1. The van der Waals surface area contributed by atoms with Crippen LogP contribution < -0.4 is 15.4 Å². The predicted molar refractivity (Wildman–Crippen MR) is 148 cm³/mol. The normalized spacial score (nSPS) is 14.2. The van der Waals surface area contributed by atoms with Crippen molar-refractivity contribution in [2.45, 2.75) is 47.1 Å². The molecule has 0 unspecified atom stereocenters. The number of pyridine rings is 1. The minimum atomic E-state index is -0.241. The number of nitrogens with zero attached hydrogens (tertiary/aromatic N) is 5. The first-order chi connectivity index (χ1) is 17.8. The molecule has 1 aliphatic rings. The van der Waals surface area contributed by atoms with Gasteiger partial charge in [0.1, 0.15) is 10.9 Å². The van der Waals surface area contributed by atoms with Crippen molar-refractivity contribution in [3.05, 3.63) is 57.3 Å². The fourth-order valence-corrected chi connectivity index (χ4v) is 5.02. The number of nitrogen functional groups attached to an aromatic ring is 1. The van der Waals surface area contributed by atoms with Crippen molar-refractivity contribution in [2.75, 3.05) is 37.4 Å². The van der Waals surface area contributed by atoms with Gasteiger partial charge in [-0.1, -0.05) is 25.4 Å². The Bertz CT molecular complexity index is 1330. The number of nitrogens with two attached hydrogens (primary N) is 1. The fraction of sp³-hybridized carbons (Fsp3) is 0.407. The lowest BCUT2D eigenvalue weighted by molar-refractivity contribution is -0.113. The molecule has 196 valence electrons. The van der Waals surface area contributed by atoms with E-state index in [4.69, 9.17) is 22.1 Å². The quantitative estimate of drug-likeness (QED) is 0.298. The van der Waals surface area contributed by atoms with Crippen molar-refractivity contribution in [2.24, 2.45) is 0 Å². The molecule has 1 amide bonds. The largest absolute Gasteiger partial charge is 0.496 e. The molecule has 0 fully saturated rings. The molecule has 3 aromatic rings. The van der Waals surface area contributed by atoms with E-state index in [0.29, 0.717) is 22.6 Å². The molecule has 1 aliphatic heterocycles. The van der Waals surface area contributed by atoms with Crippen LogP contribution in [0.2, 0.25) is 5.15 Å². The molecule has 0 spiro atoms. The van der Waals surface area contributed by atoms with Gasteiger partial charge in [0.25, 0.3) is 5.91 Å². The number of aromatic nitrogens is 4. The minimum Gasteiger partial charge on any atom is -0.496 e. The molecule has 0 bridgehead atoms. The Hall–Kier alpha value is -3.43. The molecule has 0 saturated heterocycles. The number of amides is 1. The van der Waals surface area contributed by atoms with Gasteiger partial charge in [0.15, 0.2) is 5.82 Å². The lowest BCUT2D eigenvalue weighted by Crippen LogP contribution is -2.27. The summed E-state index contributed by atoms with van der Waals surface area (Å²) in [5.74, 6) is 0.882. The van der Waals surface area contributed by atoms with Gasteiger partial charge in [-0.25, -0.2) is 4.98 Å². The van der Waals surface area contributed by atoms with Crippen molar-refractivity contribution in [1.29, 1.82) is 0 Å². The van der Waals surface area contributed by atoms with E-state index in [-0.39, 0.29) is 23.6 Å². The highest BCUT2D eigenvalue weighted by molar-refractivity contribution is 6.41.